The van der Waals surface area contributed by atoms with Gasteiger partial charge in [-0.15, -0.1) is 12.8 Å². The molecule has 0 amide bonds. The summed E-state index contributed by atoms with van der Waals surface area (Å²) in [7, 11) is -4.11. The number of aryl methyl sites for hydroxylation is 2. The first-order valence-corrected chi connectivity index (χ1v) is 15.3. The molecule has 2 N–H and O–H groups in total. The van der Waals surface area contributed by atoms with Gasteiger partial charge in [0.25, 0.3) is 5.69 Å². The molecule has 0 bridgehead atoms. The summed E-state index contributed by atoms with van der Waals surface area (Å²) in [5.41, 5.74) is 3.67. The minimum absolute atomic E-state index is 0.0833. The van der Waals surface area contributed by atoms with Crippen LogP contribution in [0, 0.1) is 34.8 Å². The van der Waals surface area contributed by atoms with E-state index in [9.17, 15) is 23.3 Å². The Labute approximate surface area is 260 Å². The number of rotatable bonds is 8. The number of nitrogens with zero attached hydrogens (tertiary/aromatic N) is 2. The van der Waals surface area contributed by atoms with E-state index in [-0.39, 0.29) is 22.9 Å². The molecule has 0 heterocycles. The van der Waals surface area contributed by atoms with Gasteiger partial charge in [-0.05, 0) is 60.1 Å². The van der Waals surface area contributed by atoms with Crippen LogP contribution in [0.4, 0.5) is 5.69 Å². The number of hydrogen-bond acceptors (Lipinski definition) is 7. The largest absolute Gasteiger partial charge is 0.481 e. The molecule has 0 spiro atoms. The fraction of sp³-hybridized carbons (Fsp3) is 0.281. The number of carbonyl (C=O) groups is 1. The van der Waals surface area contributed by atoms with Crippen molar-refractivity contribution in [2.24, 2.45) is 0 Å². The molecule has 3 aromatic rings. The van der Waals surface area contributed by atoms with Gasteiger partial charge >= 0.3 is 5.97 Å². The van der Waals surface area contributed by atoms with Crippen molar-refractivity contribution < 1.29 is 26.0 Å². The Kier molecular flexibility index (Phi) is 11.2. The number of aliphatic carboxylic acids is 1. The quantitative estimate of drug-likeness (QED) is 0.143. The summed E-state index contributed by atoms with van der Waals surface area (Å²) >= 11 is 3.42. The highest BCUT2D eigenvalue weighted by Crippen LogP contribution is 2.38. The van der Waals surface area contributed by atoms with Crippen LogP contribution in [0.3, 0.4) is 0 Å². The first-order valence-electron chi connectivity index (χ1n) is 14.2. The zero-order chi connectivity index (χ0) is 33.3. The first-order chi connectivity index (χ1) is 21.3. The summed E-state index contributed by atoms with van der Waals surface area (Å²) in [6, 6.07) is 17.7. The Morgan fingerprint density at radius 1 is 1.02 bits per heavy atom. The van der Waals surface area contributed by atoms with Gasteiger partial charge in [0.1, 0.15) is 0 Å². The molecule has 3 aromatic carbocycles. The number of fused-ring (bicyclic) bond motifs is 2. The van der Waals surface area contributed by atoms with E-state index in [1.165, 1.54) is 17.7 Å². The third-order valence-corrected chi connectivity index (χ3v) is 8.72. The highest BCUT2D eigenvalue weighted by molar-refractivity contribution is 7.89. The standard InChI is InChI=1S/C18H16N2O4S.C12H13N.C2H4O2S/c1-2-13-19(18-12-7-14-5-3-4-6-17(14)18)25(23,24)16-10-8-15(9-11-16)20(21)22;1-2-9-13-12-8-7-10-5-3-4-6-11(10)12;3-2(4)1-5/h1,3-6,8-11,18H,7,12-13H2;1,3-6,12-13H,7-9H2;5H,1H2,(H,3,4)/i18D;12D;. The summed E-state index contributed by atoms with van der Waals surface area (Å²) in [5.74, 6) is 3.88. The lowest BCUT2D eigenvalue weighted by atomic mass is 10.1. The average Bonchev–Trinajstić information content (AvgIpc) is 3.57. The number of thiol groups is 1. The summed E-state index contributed by atoms with van der Waals surface area (Å²) in [6.07, 6.45) is 13.2. The van der Waals surface area contributed by atoms with Gasteiger partial charge in [0.15, 0.2) is 0 Å². The van der Waals surface area contributed by atoms with Crippen LogP contribution >= 0.6 is 12.6 Å². The molecule has 2 unspecified atom stereocenters. The molecule has 0 aliphatic heterocycles. The number of carboxylic acids is 1. The van der Waals surface area contributed by atoms with Crippen molar-refractivity contribution in [1.82, 2.24) is 9.62 Å². The Balaban J connectivity index is 0.000000242. The van der Waals surface area contributed by atoms with Crippen molar-refractivity contribution >= 4 is 34.3 Å². The van der Waals surface area contributed by atoms with Gasteiger partial charge in [0.2, 0.25) is 10.0 Å². The van der Waals surface area contributed by atoms with Crippen LogP contribution in [0.1, 0.15) is 49.9 Å². The number of nitrogens with one attached hydrogen (secondary N) is 1. The predicted molar refractivity (Wildman–Crippen MR) is 169 cm³/mol. The zero-order valence-corrected chi connectivity index (χ0v) is 25.0. The van der Waals surface area contributed by atoms with Crippen LogP contribution in [-0.2, 0) is 27.7 Å². The van der Waals surface area contributed by atoms with Gasteiger partial charge in [-0.2, -0.15) is 16.9 Å². The van der Waals surface area contributed by atoms with Crippen LogP contribution in [0.15, 0.2) is 77.7 Å². The molecule has 43 heavy (non-hydrogen) atoms. The molecule has 5 rings (SSSR count). The van der Waals surface area contributed by atoms with E-state index < -0.39 is 33.0 Å². The molecule has 0 radical (unpaired) electrons. The molecular formula is C32H33N3O6S2. The van der Waals surface area contributed by atoms with E-state index in [1.54, 1.807) is 12.1 Å². The maximum Gasteiger partial charge on any atom is 0.313 e. The van der Waals surface area contributed by atoms with Crippen LogP contribution in [-0.4, -0.2) is 47.6 Å². The van der Waals surface area contributed by atoms with Crippen molar-refractivity contribution in [3.05, 3.63) is 105 Å². The minimum atomic E-state index is -4.11. The van der Waals surface area contributed by atoms with E-state index in [0.29, 0.717) is 24.9 Å². The third-order valence-electron chi connectivity index (χ3n) is 6.66. The van der Waals surface area contributed by atoms with Crippen molar-refractivity contribution in [1.29, 1.82) is 0 Å². The number of nitro groups is 1. The van der Waals surface area contributed by atoms with Crippen molar-refractivity contribution in [2.75, 3.05) is 18.8 Å². The summed E-state index contributed by atoms with van der Waals surface area (Å²) < 4.78 is 44.4. The van der Waals surface area contributed by atoms with Gasteiger partial charge in [0, 0.05) is 18.2 Å². The van der Waals surface area contributed by atoms with Gasteiger partial charge < -0.3 is 5.11 Å². The molecule has 2 atom stereocenters. The molecule has 9 nitrogen and oxygen atoms in total. The SMILES string of the molecule is O=C(O)CS.[2H]C1(N(CC#C)S(=O)(=O)c2ccc([N+](=O)[O-])cc2)CCc2ccccc21.[2H]C1(NCC#C)CCc2ccccc21. The average molecular weight is 622 g/mol. The topological polar surface area (TPSA) is 130 Å². The van der Waals surface area contributed by atoms with E-state index in [1.807, 2.05) is 30.3 Å². The molecule has 2 aliphatic carbocycles. The highest BCUT2D eigenvalue weighted by Gasteiger charge is 2.35. The number of benzene rings is 3. The van der Waals surface area contributed by atoms with E-state index >= 15 is 0 Å². The van der Waals surface area contributed by atoms with E-state index in [4.69, 9.17) is 20.7 Å². The molecule has 224 valence electrons. The molecular weight excluding hydrogens is 587 g/mol. The summed E-state index contributed by atoms with van der Waals surface area (Å²) in [6.45, 7) is 0.189. The predicted octanol–water partition coefficient (Wildman–Crippen LogP) is 4.80. The highest BCUT2D eigenvalue weighted by atomic mass is 32.2. The Bertz CT molecular complexity index is 1720. The lowest BCUT2D eigenvalue weighted by molar-refractivity contribution is -0.384. The summed E-state index contributed by atoms with van der Waals surface area (Å²) in [5, 5.41) is 21.5. The molecule has 0 fully saturated rings. The second-order valence-corrected chi connectivity index (χ2v) is 11.5. The number of non-ortho nitro benzene ring substituents is 1. The van der Waals surface area contributed by atoms with Crippen molar-refractivity contribution in [3.63, 3.8) is 0 Å². The van der Waals surface area contributed by atoms with E-state index in [0.717, 1.165) is 40.4 Å². The smallest absolute Gasteiger partial charge is 0.313 e. The fourth-order valence-corrected chi connectivity index (χ4v) is 6.17. The zero-order valence-electron chi connectivity index (χ0n) is 25.3. The van der Waals surface area contributed by atoms with Crippen LogP contribution in [0.25, 0.3) is 0 Å². The number of hydrogen-bond donors (Lipinski definition) is 3. The summed E-state index contributed by atoms with van der Waals surface area (Å²) in [4.78, 5) is 19.3. The van der Waals surface area contributed by atoms with Gasteiger partial charge in [0.05, 0.1) is 37.4 Å². The van der Waals surface area contributed by atoms with Crippen LogP contribution in [0.5, 0.6) is 0 Å². The first kappa shape index (κ1) is 30.3. The Morgan fingerprint density at radius 2 is 1.58 bits per heavy atom. The number of terminal acetylenes is 2. The molecule has 0 saturated heterocycles. The maximum atomic E-state index is 13.1. The second kappa shape index (κ2) is 15.9. The van der Waals surface area contributed by atoms with Crippen LogP contribution < -0.4 is 5.32 Å². The number of carboxylic acid groups (broad SMARTS) is 1. The fourth-order valence-electron chi connectivity index (χ4n) is 4.71. The monoisotopic (exact) mass is 621 g/mol. The van der Waals surface area contributed by atoms with Crippen molar-refractivity contribution in [2.45, 2.75) is 42.6 Å². The van der Waals surface area contributed by atoms with Crippen LogP contribution in [0.2, 0.25) is 0 Å². The Hall–Kier alpha value is -4.13. The number of sulfonamides is 1. The van der Waals surface area contributed by atoms with Gasteiger partial charge in [-0.25, -0.2) is 8.42 Å². The van der Waals surface area contributed by atoms with Gasteiger partial charge in [-0.1, -0.05) is 60.4 Å². The normalized spacial score (nSPS) is 20.4. The third kappa shape index (κ3) is 8.69. The van der Waals surface area contributed by atoms with Crippen molar-refractivity contribution in [3.8, 4) is 24.7 Å². The Morgan fingerprint density at radius 3 is 2.14 bits per heavy atom. The second-order valence-electron chi connectivity index (χ2n) is 9.32. The van der Waals surface area contributed by atoms with E-state index in [2.05, 4.69) is 35.9 Å². The molecule has 2 aliphatic rings. The minimum Gasteiger partial charge on any atom is -0.481 e. The van der Waals surface area contributed by atoms with Gasteiger partial charge in [-0.3, -0.25) is 20.2 Å². The molecule has 0 aromatic heterocycles. The molecule has 11 heteroatoms. The lowest BCUT2D eigenvalue weighted by Crippen LogP contribution is -2.34. The maximum absolute atomic E-state index is 13.1. The number of nitro benzene ring substituents is 1. The lowest BCUT2D eigenvalue weighted by Gasteiger charge is -2.27. The molecule has 0 saturated carbocycles.